The summed E-state index contributed by atoms with van der Waals surface area (Å²) in [5.41, 5.74) is 4.55. The molecule has 0 saturated heterocycles. The molecule has 1 N–H and O–H groups in total. The summed E-state index contributed by atoms with van der Waals surface area (Å²) >= 11 is 0. The molecule has 0 atom stereocenters. The van der Waals surface area contributed by atoms with Gasteiger partial charge in [-0.25, -0.2) is 9.67 Å². The van der Waals surface area contributed by atoms with E-state index in [-0.39, 0.29) is 0 Å². The van der Waals surface area contributed by atoms with Gasteiger partial charge in [0.1, 0.15) is 12.4 Å². The number of aryl methyl sites for hydroxylation is 1. The van der Waals surface area contributed by atoms with E-state index in [4.69, 9.17) is 4.74 Å². The summed E-state index contributed by atoms with van der Waals surface area (Å²) in [4.78, 5) is 4.43. The number of fused-ring (bicyclic) bond motifs is 1. The number of rotatable bonds is 5. The molecule has 6 heteroatoms. The first-order valence-electron chi connectivity index (χ1n) is 8.23. The fraction of sp³-hybridized carbons (Fsp3) is 0.333. The lowest BCUT2D eigenvalue weighted by Gasteiger charge is -2.17. The van der Waals surface area contributed by atoms with E-state index < -0.39 is 0 Å². The van der Waals surface area contributed by atoms with Gasteiger partial charge in [0.15, 0.2) is 0 Å². The zero-order valence-electron chi connectivity index (χ0n) is 13.8. The van der Waals surface area contributed by atoms with Crippen LogP contribution in [-0.2, 0) is 31.0 Å². The molecule has 0 unspecified atom stereocenters. The van der Waals surface area contributed by atoms with Gasteiger partial charge in [0.25, 0.3) is 0 Å². The summed E-state index contributed by atoms with van der Waals surface area (Å²) in [5.74, 6) is 1.02. The van der Waals surface area contributed by atoms with Crippen LogP contribution in [0.5, 0.6) is 0 Å². The molecule has 0 fully saturated rings. The number of para-hydroxylation sites is 1. The normalized spacial score (nSPS) is 13.9. The molecule has 1 aliphatic heterocycles. The van der Waals surface area contributed by atoms with E-state index in [0.717, 1.165) is 43.4 Å². The van der Waals surface area contributed by atoms with Gasteiger partial charge < -0.3 is 14.6 Å². The molecule has 0 radical (unpaired) electrons. The first-order valence-corrected chi connectivity index (χ1v) is 8.23. The van der Waals surface area contributed by atoms with Crippen LogP contribution in [0.4, 0.5) is 0 Å². The second kappa shape index (κ2) is 6.59. The zero-order chi connectivity index (χ0) is 16.4. The maximum absolute atomic E-state index is 5.43. The average Bonchev–Trinajstić information content (AvgIpc) is 3.20. The number of nitrogens with one attached hydrogen (secondary N) is 1. The van der Waals surface area contributed by atoms with Gasteiger partial charge >= 0.3 is 0 Å². The Hall–Kier alpha value is -2.44. The predicted molar refractivity (Wildman–Crippen MR) is 90.7 cm³/mol. The molecule has 24 heavy (non-hydrogen) atoms. The molecule has 3 aromatic rings. The van der Waals surface area contributed by atoms with Crippen molar-refractivity contribution >= 4 is 0 Å². The molecule has 6 nitrogen and oxygen atoms in total. The van der Waals surface area contributed by atoms with Gasteiger partial charge in [-0.3, -0.25) is 0 Å². The van der Waals surface area contributed by atoms with E-state index >= 15 is 0 Å². The van der Waals surface area contributed by atoms with Crippen molar-refractivity contribution in [1.29, 1.82) is 0 Å². The van der Waals surface area contributed by atoms with E-state index in [1.807, 2.05) is 29.1 Å². The molecule has 1 aromatic carbocycles. The summed E-state index contributed by atoms with van der Waals surface area (Å²) in [6.07, 6.45) is 4.04. The Morgan fingerprint density at radius 3 is 2.96 bits per heavy atom. The quantitative estimate of drug-likeness (QED) is 0.782. The van der Waals surface area contributed by atoms with Gasteiger partial charge in [-0.05, 0) is 19.1 Å². The second-order valence-electron chi connectivity index (χ2n) is 5.99. The Labute approximate surface area is 141 Å². The van der Waals surface area contributed by atoms with Crippen LogP contribution in [-0.4, -0.2) is 25.9 Å². The van der Waals surface area contributed by atoms with Crippen LogP contribution in [0, 0.1) is 6.92 Å². The molecular formula is C18H21N5O. The van der Waals surface area contributed by atoms with E-state index in [1.165, 1.54) is 11.3 Å². The van der Waals surface area contributed by atoms with Crippen LogP contribution in [0.3, 0.4) is 0 Å². The monoisotopic (exact) mass is 323 g/mol. The number of imidazole rings is 1. The SMILES string of the molecule is Cc1nn(-c2ccccc2)cc1CNCc1cnc2n1CCOC2. The lowest BCUT2D eigenvalue weighted by atomic mass is 10.2. The third-order valence-electron chi connectivity index (χ3n) is 4.35. The molecule has 0 bridgehead atoms. The van der Waals surface area contributed by atoms with E-state index in [1.54, 1.807) is 0 Å². The summed E-state index contributed by atoms with van der Waals surface area (Å²) in [6, 6.07) is 10.2. The smallest absolute Gasteiger partial charge is 0.135 e. The molecule has 1 aliphatic rings. The topological polar surface area (TPSA) is 56.9 Å². The number of hydrogen-bond acceptors (Lipinski definition) is 4. The minimum atomic E-state index is 0.614. The summed E-state index contributed by atoms with van der Waals surface area (Å²) in [6.45, 7) is 5.90. The summed E-state index contributed by atoms with van der Waals surface area (Å²) in [7, 11) is 0. The highest BCUT2D eigenvalue weighted by Gasteiger charge is 2.14. The molecule has 2 aromatic heterocycles. The molecule has 3 heterocycles. The van der Waals surface area contributed by atoms with Crippen molar-refractivity contribution in [3.05, 3.63) is 65.5 Å². The van der Waals surface area contributed by atoms with Crippen LogP contribution in [0.25, 0.3) is 5.69 Å². The van der Waals surface area contributed by atoms with Gasteiger partial charge in [0.2, 0.25) is 0 Å². The molecule has 4 rings (SSSR count). The molecule has 0 saturated carbocycles. The van der Waals surface area contributed by atoms with Gasteiger partial charge in [-0.1, -0.05) is 18.2 Å². The third-order valence-corrected chi connectivity index (χ3v) is 4.35. The first kappa shape index (κ1) is 15.1. The summed E-state index contributed by atoms with van der Waals surface area (Å²) in [5, 5.41) is 8.11. The van der Waals surface area contributed by atoms with Crippen molar-refractivity contribution in [2.45, 2.75) is 33.2 Å². The molecule has 124 valence electrons. The highest BCUT2D eigenvalue weighted by molar-refractivity contribution is 5.32. The van der Waals surface area contributed by atoms with Crippen LogP contribution in [0.1, 0.15) is 22.8 Å². The maximum atomic E-state index is 5.43. The van der Waals surface area contributed by atoms with E-state index in [2.05, 4.69) is 45.2 Å². The van der Waals surface area contributed by atoms with Crippen molar-refractivity contribution < 1.29 is 4.74 Å². The van der Waals surface area contributed by atoms with Crippen LogP contribution in [0.2, 0.25) is 0 Å². The molecule has 0 aliphatic carbocycles. The van der Waals surface area contributed by atoms with Crippen molar-refractivity contribution in [2.75, 3.05) is 6.61 Å². The zero-order valence-corrected chi connectivity index (χ0v) is 13.8. The number of ether oxygens (including phenoxy) is 1. The minimum Gasteiger partial charge on any atom is -0.372 e. The Bertz CT molecular complexity index is 821. The highest BCUT2D eigenvalue weighted by atomic mass is 16.5. The Kier molecular flexibility index (Phi) is 4.15. The van der Waals surface area contributed by atoms with E-state index in [9.17, 15) is 0 Å². The highest BCUT2D eigenvalue weighted by Crippen LogP contribution is 2.13. The summed E-state index contributed by atoms with van der Waals surface area (Å²) < 4.78 is 9.61. The lowest BCUT2D eigenvalue weighted by Crippen LogP contribution is -2.21. The van der Waals surface area contributed by atoms with Crippen LogP contribution >= 0.6 is 0 Å². The Morgan fingerprint density at radius 2 is 2.08 bits per heavy atom. The number of nitrogens with zero attached hydrogens (tertiary/aromatic N) is 4. The number of aromatic nitrogens is 4. The van der Waals surface area contributed by atoms with Crippen LogP contribution < -0.4 is 5.32 Å². The Balaban J connectivity index is 1.41. The van der Waals surface area contributed by atoms with Crippen molar-refractivity contribution in [2.24, 2.45) is 0 Å². The van der Waals surface area contributed by atoms with Crippen molar-refractivity contribution in [3.63, 3.8) is 0 Å². The first-order chi connectivity index (χ1) is 11.8. The number of benzene rings is 1. The number of hydrogen-bond donors (Lipinski definition) is 1. The van der Waals surface area contributed by atoms with Gasteiger partial charge in [-0.15, -0.1) is 0 Å². The van der Waals surface area contributed by atoms with Crippen molar-refractivity contribution in [3.8, 4) is 5.69 Å². The molecule has 0 amide bonds. The molecular weight excluding hydrogens is 302 g/mol. The predicted octanol–water partition coefficient (Wildman–Crippen LogP) is 2.20. The second-order valence-corrected chi connectivity index (χ2v) is 5.99. The largest absolute Gasteiger partial charge is 0.372 e. The minimum absolute atomic E-state index is 0.614. The van der Waals surface area contributed by atoms with Crippen LogP contribution in [0.15, 0.2) is 42.7 Å². The van der Waals surface area contributed by atoms with Gasteiger partial charge in [-0.2, -0.15) is 5.10 Å². The fourth-order valence-electron chi connectivity index (χ4n) is 3.01. The third kappa shape index (κ3) is 2.98. The Morgan fingerprint density at radius 1 is 1.21 bits per heavy atom. The average molecular weight is 323 g/mol. The standard InChI is InChI=1S/C18H21N5O/c1-14-15(12-23(21-14)16-5-3-2-4-6-16)9-19-10-17-11-20-18-13-24-8-7-22(17)18/h2-6,11-12,19H,7-10,13H2,1H3. The van der Waals surface area contributed by atoms with Gasteiger partial charge in [0, 0.05) is 37.6 Å². The molecule has 0 spiro atoms. The van der Waals surface area contributed by atoms with Gasteiger partial charge in [0.05, 0.1) is 23.7 Å². The van der Waals surface area contributed by atoms with Crippen molar-refractivity contribution in [1.82, 2.24) is 24.6 Å². The maximum Gasteiger partial charge on any atom is 0.135 e. The lowest BCUT2D eigenvalue weighted by molar-refractivity contribution is 0.0805. The fourth-order valence-corrected chi connectivity index (χ4v) is 3.01. The van der Waals surface area contributed by atoms with E-state index in [0.29, 0.717) is 6.61 Å².